The van der Waals surface area contributed by atoms with Gasteiger partial charge >= 0.3 is 12.1 Å². The molecule has 1 saturated heterocycles. The van der Waals surface area contributed by atoms with E-state index in [1.807, 2.05) is 0 Å². The van der Waals surface area contributed by atoms with E-state index >= 15 is 0 Å². The third-order valence-electron chi connectivity index (χ3n) is 4.08. The van der Waals surface area contributed by atoms with Gasteiger partial charge in [0.2, 0.25) is 0 Å². The lowest BCUT2D eigenvalue weighted by Gasteiger charge is -2.41. The van der Waals surface area contributed by atoms with Crippen molar-refractivity contribution in [2.24, 2.45) is 0 Å². The molecule has 1 aliphatic rings. The monoisotopic (exact) mass is 451 g/mol. The molecule has 0 aromatic carbocycles. The Morgan fingerprint density at radius 1 is 1.40 bits per heavy atom. The van der Waals surface area contributed by atoms with Gasteiger partial charge in [0.25, 0.3) is 5.91 Å². The zero-order valence-corrected chi connectivity index (χ0v) is 16.4. The molecule has 3 heterocycles. The van der Waals surface area contributed by atoms with Crippen LogP contribution < -0.4 is 4.90 Å². The number of nitrogens with zero attached hydrogens (tertiary/aromatic N) is 5. The second-order valence-corrected chi connectivity index (χ2v) is 6.92. The molecule has 10 nitrogen and oxygen atoms in total. The Morgan fingerprint density at radius 3 is 2.67 bits per heavy atom. The van der Waals surface area contributed by atoms with Crippen LogP contribution in [-0.2, 0) is 20.5 Å². The number of carbonyl (C=O) groups is 2. The Hall–Kier alpha value is -2.77. The van der Waals surface area contributed by atoms with Gasteiger partial charge in [-0.15, -0.1) is 22.6 Å². The Labute approximate surface area is 173 Å². The molecule has 2 atom stereocenters. The summed E-state index contributed by atoms with van der Waals surface area (Å²) in [6.07, 6.45) is -6.08. The van der Waals surface area contributed by atoms with Crippen LogP contribution in [0.25, 0.3) is 5.69 Å². The van der Waals surface area contributed by atoms with Crippen molar-refractivity contribution in [3.05, 3.63) is 30.2 Å². The van der Waals surface area contributed by atoms with E-state index in [1.54, 1.807) is 13.8 Å². The first kappa shape index (κ1) is 23.5. The van der Waals surface area contributed by atoms with Gasteiger partial charge in [0, 0.05) is 12.3 Å². The molecule has 164 valence electrons. The summed E-state index contributed by atoms with van der Waals surface area (Å²) in [6.45, 7) is 3.16. The molecule has 1 fully saturated rings. The van der Waals surface area contributed by atoms with Crippen molar-refractivity contribution in [2.45, 2.75) is 37.8 Å². The first-order valence-corrected chi connectivity index (χ1v) is 8.25. The van der Waals surface area contributed by atoms with Crippen LogP contribution in [0.15, 0.2) is 24.5 Å². The highest BCUT2D eigenvalue weighted by Gasteiger charge is 2.46. The number of ether oxygens (including phenoxy) is 1. The summed E-state index contributed by atoms with van der Waals surface area (Å²) in [5.41, 5.74) is -2.26. The summed E-state index contributed by atoms with van der Waals surface area (Å²) < 4.78 is 45.0. The van der Waals surface area contributed by atoms with E-state index in [0.717, 1.165) is 21.8 Å². The maximum Gasteiger partial charge on any atom is 0.435 e. The lowest BCUT2D eigenvalue weighted by molar-refractivity contribution is -0.178. The van der Waals surface area contributed by atoms with E-state index in [9.17, 15) is 27.9 Å². The van der Waals surface area contributed by atoms with Crippen LogP contribution in [0, 0.1) is 0 Å². The van der Waals surface area contributed by atoms with Crippen molar-refractivity contribution in [3.63, 3.8) is 0 Å². The zero-order valence-electron chi connectivity index (χ0n) is 15.6. The number of anilines is 1. The van der Waals surface area contributed by atoms with Crippen molar-refractivity contribution in [1.29, 1.82) is 0 Å². The van der Waals surface area contributed by atoms with Crippen LogP contribution in [0.3, 0.4) is 0 Å². The van der Waals surface area contributed by atoms with E-state index in [2.05, 4.69) is 15.3 Å². The minimum Gasteiger partial charge on any atom is -0.479 e. The molecule has 0 unspecified atom stereocenters. The van der Waals surface area contributed by atoms with E-state index in [0.29, 0.717) is 0 Å². The van der Waals surface area contributed by atoms with Crippen molar-refractivity contribution in [1.82, 2.24) is 20.0 Å². The third kappa shape index (κ3) is 4.68. The molecule has 3 rings (SSSR count). The zero-order chi connectivity index (χ0) is 21.6. The van der Waals surface area contributed by atoms with Gasteiger partial charge in [0.1, 0.15) is 0 Å². The van der Waals surface area contributed by atoms with Gasteiger partial charge in [0.15, 0.2) is 23.7 Å². The SMILES string of the molecule is CC1(C)CN(c2ccn(-c3cnnc(C(F)(F)F)c3)n2)C(=O)[C@@H]([C@@H](O)C(=O)O)O1.Cl. The molecule has 0 saturated carbocycles. The molecule has 1 amide bonds. The summed E-state index contributed by atoms with van der Waals surface area (Å²) in [5, 5.41) is 29.2. The topological polar surface area (TPSA) is 131 Å². The minimum atomic E-state index is -4.69. The maximum absolute atomic E-state index is 12.8. The van der Waals surface area contributed by atoms with E-state index in [1.165, 1.54) is 12.3 Å². The number of hydrogen-bond acceptors (Lipinski definition) is 7. The number of amides is 1. The fourth-order valence-electron chi connectivity index (χ4n) is 2.79. The number of morpholine rings is 1. The van der Waals surface area contributed by atoms with Crippen LogP contribution in [0.4, 0.5) is 19.0 Å². The van der Waals surface area contributed by atoms with Crippen molar-refractivity contribution in [2.75, 3.05) is 11.4 Å². The quantitative estimate of drug-likeness (QED) is 0.705. The Bertz CT molecular complexity index is 951. The molecular formula is C16H17ClF3N5O5. The first-order valence-electron chi connectivity index (χ1n) is 8.25. The number of carboxylic acids is 1. The summed E-state index contributed by atoms with van der Waals surface area (Å²) >= 11 is 0. The Morgan fingerprint density at radius 2 is 2.07 bits per heavy atom. The van der Waals surface area contributed by atoms with Gasteiger partial charge in [-0.3, -0.25) is 9.69 Å². The highest BCUT2D eigenvalue weighted by atomic mass is 35.5. The summed E-state index contributed by atoms with van der Waals surface area (Å²) in [4.78, 5) is 24.8. The van der Waals surface area contributed by atoms with Gasteiger partial charge in [-0.05, 0) is 19.9 Å². The molecule has 0 radical (unpaired) electrons. The number of aromatic nitrogens is 4. The maximum atomic E-state index is 12.8. The fourth-order valence-corrected chi connectivity index (χ4v) is 2.79. The average Bonchev–Trinajstić information content (AvgIpc) is 3.12. The van der Waals surface area contributed by atoms with Crippen molar-refractivity contribution < 1.29 is 37.7 Å². The number of halogens is 4. The lowest BCUT2D eigenvalue weighted by atomic mass is 10.0. The number of hydrogen-bond donors (Lipinski definition) is 2. The average molecular weight is 452 g/mol. The van der Waals surface area contributed by atoms with Crippen molar-refractivity contribution in [3.8, 4) is 5.69 Å². The van der Waals surface area contributed by atoms with E-state index in [4.69, 9.17) is 9.84 Å². The second-order valence-electron chi connectivity index (χ2n) is 6.92. The molecule has 0 bridgehead atoms. The number of rotatable bonds is 4. The predicted octanol–water partition coefficient (Wildman–Crippen LogP) is 1.06. The number of carboxylic acid groups (broad SMARTS) is 1. The molecular weight excluding hydrogens is 435 g/mol. The van der Waals surface area contributed by atoms with Gasteiger partial charge in [-0.25, -0.2) is 9.48 Å². The minimum absolute atomic E-state index is 0. The van der Waals surface area contributed by atoms with Crippen molar-refractivity contribution >= 4 is 30.1 Å². The number of carbonyl (C=O) groups excluding carboxylic acids is 1. The van der Waals surface area contributed by atoms with Gasteiger partial charge in [-0.1, -0.05) is 0 Å². The highest BCUT2D eigenvalue weighted by Crippen LogP contribution is 2.30. The molecule has 30 heavy (non-hydrogen) atoms. The van der Waals surface area contributed by atoms with Gasteiger partial charge < -0.3 is 14.9 Å². The van der Waals surface area contributed by atoms with Crippen LogP contribution in [0.2, 0.25) is 0 Å². The molecule has 0 spiro atoms. The summed E-state index contributed by atoms with van der Waals surface area (Å²) in [7, 11) is 0. The lowest BCUT2D eigenvalue weighted by Crippen LogP contribution is -2.61. The number of aliphatic carboxylic acids is 1. The molecule has 2 N–H and O–H groups in total. The van der Waals surface area contributed by atoms with Crippen LogP contribution >= 0.6 is 12.4 Å². The Kier molecular flexibility index (Phi) is 6.40. The standard InChI is InChI=1S/C16H16F3N5O5.ClH/c1-15(2)7-23(13(26)12(29-15)11(25)14(27)28)10-3-4-24(22-10)8-5-9(16(17,18)19)21-20-6-8;/h3-6,11-12,25H,7H2,1-2H3,(H,27,28);1H/t11-,12-;/m1./s1. The normalized spacial score (nSPS) is 19.9. The van der Waals surface area contributed by atoms with Gasteiger partial charge in [0.05, 0.1) is 24.0 Å². The highest BCUT2D eigenvalue weighted by molar-refractivity contribution is 5.99. The fraction of sp³-hybridized carbons (Fsp3) is 0.438. The molecule has 1 aliphatic heterocycles. The summed E-state index contributed by atoms with van der Waals surface area (Å²) in [5.74, 6) is -2.43. The molecule has 14 heteroatoms. The smallest absolute Gasteiger partial charge is 0.435 e. The largest absolute Gasteiger partial charge is 0.479 e. The molecule has 0 aliphatic carbocycles. The molecule has 2 aromatic rings. The Balaban J connectivity index is 0.00000320. The number of alkyl halides is 3. The van der Waals surface area contributed by atoms with Crippen LogP contribution in [0.5, 0.6) is 0 Å². The molecule has 2 aromatic heterocycles. The van der Waals surface area contributed by atoms with Crippen LogP contribution in [-0.4, -0.2) is 66.4 Å². The second kappa shape index (κ2) is 8.16. The van der Waals surface area contributed by atoms with E-state index < -0.39 is 41.6 Å². The summed E-state index contributed by atoms with van der Waals surface area (Å²) in [6, 6.07) is 2.10. The predicted molar refractivity (Wildman–Crippen MR) is 96.4 cm³/mol. The van der Waals surface area contributed by atoms with Gasteiger partial charge in [-0.2, -0.15) is 18.3 Å². The third-order valence-corrected chi connectivity index (χ3v) is 4.08. The number of aliphatic hydroxyl groups excluding tert-OH is 1. The first-order chi connectivity index (χ1) is 13.4. The van der Waals surface area contributed by atoms with E-state index in [-0.39, 0.29) is 30.5 Å². The van der Waals surface area contributed by atoms with Crippen LogP contribution in [0.1, 0.15) is 19.5 Å². The number of aliphatic hydroxyl groups is 1.